The maximum atomic E-state index is 4.01. The van der Waals surface area contributed by atoms with Crippen molar-refractivity contribution in [3.8, 4) is 33.4 Å². The second-order valence-corrected chi connectivity index (χ2v) is 12.2. The molecule has 0 amide bonds. The fourth-order valence-electron chi connectivity index (χ4n) is 6.98. The maximum Gasteiger partial charge on any atom is 0.0332 e. The lowest BCUT2D eigenvalue weighted by Crippen LogP contribution is -2.15. The Labute approximate surface area is 256 Å². The van der Waals surface area contributed by atoms with Gasteiger partial charge >= 0.3 is 0 Å². The van der Waals surface area contributed by atoms with Crippen molar-refractivity contribution < 1.29 is 0 Å². The van der Waals surface area contributed by atoms with E-state index in [1.165, 1.54) is 76.8 Å². The lowest BCUT2D eigenvalue weighted by Gasteiger charge is -2.24. The molecule has 0 nitrogen and oxygen atoms in total. The van der Waals surface area contributed by atoms with Crippen LogP contribution in [0, 0.1) is 0 Å². The van der Waals surface area contributed by atoms with Crippen LogP contribution >= 0.6 is 15.9 Å². The standard InChI is InChI=1S/C39H27Br.C2H6/c1-39(2)34-19-11-10-18-31(34)37-27-15-7-6-14-26(27)33(23-35(37)39)36-28-16-8-9-17-29(28)38(40)30-21-20-25(22-32(30)36)24-12-4-3-5-13-24;1-2/h3-23H,1-2H3;1-2H3. The lowest BCUT2D eigenvalue weighted by molar-refractivity contribution is 0.661. The Morgan fingerprint density at radius 2 is 1.00 bits per heavy atom. The zero-order chi connectivity index (χ0) is 29.0. The van der Waals surface area contributed by atoms with E-state index in [2.05, 4.69) is 157 Å². The monoisotopic (exact) mass is 604 g/mol. The highest BCUT2D eigenvalue weighted by molar-refractivity contribution is 9.10. The van der Waals surface area contributed by atoms with Crippen LogP contribution in [-0.4, -0.2) is 0 Å². The molecule has 0 N–H and O–H groups in total. The van der Waals surface area contributed by atoms with Gasteiger partial charge in [0.25, 0.3) is 0 Å². The lowest BCUT2D eigenvalue weighted by atomic mass is 9.79. The van der Waals surface area contributed by atoms with Crippen molar-refractivity contribution in [1.82, 2.24) is 0 Å². The third-order valence-corrected chi connectivity index (χ3v) is 9.78. The first-order chi connectivity index (χ1) is 20.5. The van der Waals surface area contributed by atoms with Crippen LogP contribution in [0.3, 0.4) is 0 Å². The molecule has 8 rings (SSSR count). The van der Waals surface area contributed by atoms with Gasteiger partial charge in [-0.3, -0.25) is 0 Å². The summed E-state index contributed by atoms with van der Waals surface area (Å²) in [6.45, 7) is 8.75. The number of fused-ring (bicyclic) bond motifs is 7. The van der Waals surface area contributed by atoms with E-state index in [1.807, 2.05) is 13.8 Å². The third kappa shape index (κ3) is 3.87. The zero-order valence-electron chi connectivity index (χ0n) is 24.5. The minimum atomic E-state index is -0.0825. The molecular weight excluding hydrogens is 572 g/mol. The molecule has 204 valence electrons. The number of rotatable bonds is 2. The maximum absolute atomic E-state index is 4.01. The Balaban J connectivity index is 0.00000141. The number of benzene rings is 7. The summed E-state index contributed by atoms with van der Waals surface area (Å²) >= 11 is 4.01. The molecule has 0 atom stereocenters. The van der Waals surface area contributed by atoms with Gasteiger partial charge in [-0.25, -0.2) is 0 Å². The molecule has 1 heteroatoms. The average Bonchev–Trinajstić information content (AvgIpc) is 3.28. The second-order valence-electron chi connectivity index (χ2n) is 11.4. The molecule has 42 heavy (non-hydrogen) atoms. The van der Waals surface area contributed by atoms with E-state index in [0.717, 1.165) is 4.47 Å². The Bertz CT molecular complexity index is 2130. The third-order valence-electron chi connectivity index (χ3n) is 8.92. The predicted molar refractivity (Wildman–Crippen MR) is 186 cm³/mol. The largest absolute Gasteiger partial charge is 0.0683 e. The highest BCUT2D eigenvalue weighted by Gasteiger charge is 2.37. The minimum Gasteiger partial charge on any atom is -0.0683 e. The van der Waals surface area contributed by atoms with E-state index in [-0.39, 0.29) is 5.41 Å². The summed E-state index contributed by atoms with van der Waals surface area (Å²) < 4.78 is 1.15. The molecule has 0 heterocycles. The fraction of sp³-hybridized carbons (Fsp3) is 0.122. The first-order valence-electron chi connectivity index (χ1n) is 14.9. The number of hydrogen-bond donors (Lipinski definition) is 0. The van der Waals surface area contributed by atoms with Crippen LogP contribution in [0.4, 0.5) is 0 Å². The van der Waals surface area contributed by atoms with Gasteiger partial charge < -0.3 is 0 Å². The van der Waals surface area contributed by atoms with Crippen LogP contribution in [0.2, 0.25) is 0 Å². The highest BCUT2D eigenvalue weighted by atomic mass is 79.9. The van der Waals surface area contributed by atoms with Crippen molar-refractivity contribution in [2.45, 2.75) is 33.1 Å². The molecule has 0 saturated carbocycles. The van der Waals surface area contributed by atoms with E-state index in [1.54, 1.807) is 0 Å². The van der Waals surface area contributed by atoms with Gasteiger partial charge in [-0.1, -0.05) is 143 Å². The van der Waals surface area contributed by atoms with E-state index < -0.39 is 0 Å². The van der Waals surface area contributed by atoms with Gasteiger partial charge in [-0.2, -0.15) is 0 Å². The highest BCUT2D eigenvalue weighted by Crippen LogP contribution is 2.54. The predicted octanol–water partition coefficient (Wildman–Crippen LogP) is 12.6. The first kappa shape index (κ1) is 26.7. The summed E-state index contributed by atoms with van der Waals surface area (Å²) in [7, 11) is 0. The molecule has 0 aromatic heterocycles. The summed E-state index contributed by atoms with van der Waals surface area (Å²) in [6, 6.07) is 46.9. The Morgan fingerprint density at radius 1 is 0.429 bits per heavy atom. The van der Waals surface area contributed by atoms with Crippen molar-refractivity contribution in [3.63, 3.8) is 0 Å². The number of halogens is 1. The molecule has 7 aromatic rings. The van der Waals surface area contributed by atoms with Gasteiger partial charge in [0.1, 0.15) is 0 Å². The van der Waals surface area contributed by atoms with Gasteiger partial charge in [0, 0.05) is 9.89 Å². The number of hydrogen-bond acceptors (Lipinski definition) is 0. The van der Waals surface area contributed by atoms with Gasteiger partial charge in [-0.05, 0) is 105 Å². The van der Waals surface area contributed by atoms with Gasteiger partial charge in [0.15, 0.2) is 0 Å². The molecule has 1 aliphatic rings. The average molecular weight is 606 g/mol. The molecule has 0 saturated heterocycles. The minimum absolute atomic E-state index is 0.0825. The van der Waals surface area contributed by atoms with Gasteiger partial charge in [0.2, 0.25) is 0 Å². The van der Waals surface area contributed by atoms with Crippen LogP contribution in [0.1, 0.15) is 38.8 Å². The van der Waals surface area contributed by atoms with E-state index >= 15 is 0 Å². The Morgan fingerprint density at radius 3 is 1.74 bits per heavy atom. The molecule has 0 unspecified atom stereocenters. The molecule has 0 spiro atoms. The van der Waals surface area contributed by atoms with Gasteiger partial charge in [0.05, 0.1) is 0 Å². The summed E-state index contributed by atoms with van der Waals surface area (Å²) in [6.07, 6.45) is 0. The smallest absolute Gasteiger partial charge is 0.0332 e. The van der Waals surface area contributed by atoms with E-state index in [9.17, 15) is 0 Å². The van der Waals surface area contributed by atoms with Crippen LogP contribution in [0.15, 0.2) is 132 Å². The second kappa shape index (κ2) is 10.3. The molecule has 0 radical (unpaired) electrons. The van der Waals surface area contributed by atoms with Crippen molar-refractivity contribution >= 4 is 48.2 Å². The van der Waals surface area contributed by atoms with E-state index in [0.29, 0.717) is 0 Å². The normalized spacial score (nSPS) is 13.1. The SMILES string of the molecule is CC.CC1(C)c2ccccc2-c2c1cc(-c1c3ccccc3c(Br)c3ccc(-c4ccccc4)cc13)c1ccccc21. The summed E-state index contributed by atoms with van der Waals surface area (Å²) in [5.74, 6) is 0. The Kier molecular flexibility index (Phi) is 6.52. The summed E-state index contributed by atoms with van der Waals surface area (Å²) in [5, 5.41) is 7.64. The molecule has 7 aromatic carbocycles. The van der Waals surface area contributed by atoms with E-state index in [4.69, 9.17) is 0 Å². The van der Waals surface area contributed by atoms with Crippen molar-refractivity contribution in [1.29, 1.82) is 0 Å². The fourth-order valence-corrected chi connectivity index (χ4v) is 7.67. The van der Waals surface area contributed by atoms with Crippen molar-refractivity contribution in [3.05, 3.63) is 143 Å². The van der Waals surface area contributed by atoms with Crippen molar-refractivity contribution in [2.75, 3.05) is 0 Å². The topological polar surface area (TPSA) is 0 Å². The molecule has 0 bridgehead atoms. The quantitative estimate of drug-likeness (QED) is 0.172. The van der Waals surface area contributed by atoms with Crippen LogP contribution in [-0.2, 0) is 5.41 Å². The summed E-state index contributed by atoms with van der Waals surface area (Å²) in [5.41, 5.74) is 10.5. The molecular formula is C41H33Br. The van der Waals surface area contributed by atoms with Crippen molar-refractivity contribution in [2.24, 2.45) is 0 Å². The zero-order valence-corrected chi connectivity index (χ0v) is 26.1. The first-order valence-corrected chi connectivity index (χ1v) is 15.7. The van der Waals surface area contributed by atoms with Crippen LogP contribution in [0.5, 0.6) is 0 Å². The molecule has 1 aliphatic carbocycles. The summed E-state index contributed by atoms with van der Waals surface area (Å²) in [4.78, 5) is 0. The Hall–Kier alpha value is -4.20. The molecule has 0 aliphatic heterocycles. The van der Waals surface area contributed by atoms with Crippen LogP contribution < -0.4 is 0 Å². The van der Waals surface area contributed by atoms with Gasteiger partial charge in [-0.15, -0.1) is 0 Å². The van der Waals surface area contributed by atoms with Crippen LogP contribution in [0.25, 0.3) is 65.7 Å². The molecule has 0 fully saturated rings.